The summed E-state index contributed by atoms with van der Waals surface area (Å²) in [5.74, 6) is 0. The van der Waals surface area contributed by atoms with Gasteiger partial charge in [-0.15, -0.1) is 0 Å². The Kier molecular flexibility index (Phi) is 0.806. The second kappa shape index (κ2) is 2.02. The molecule has 0 N–H and O–H groups in total. The Balaban J connectivity index is 2.92. The van der Waals surface area contributed by atoms with Crippen LogP contribution in [0.5, 0.6) is 0 Å². The van der Waals surface area contributed by atoms with E-state index < -0.39 is 0 Å². The third-order valence-electron chi connectivity index (χ3n) is 1.23. The van der Waals surface area contributed by atoms with Crippen molar-refractivity contribution in [3.05, 3.63) is 35.2 Å². The van der Waals surface area contributed by atoms with Crippen LogP contribution in [0.15, 0.2) is 35.2 Å². The normalized spacial score (nSPS) is 13.3. The van der Waals surface area contributed by atoms with Crippen LogP contribution in [0.1, 0.15) is 2.74 Å². The summed E-state index contributed by atoms with van der Waals surface area (Å²) in [6, 6.07) is 8.22. The van der Waals surface area contributed by atoms with Crippen molar-refractivity contribution in [1.29, 1.82) is 0 Å². The predicted molar refractivity (Wildman–Crippen MR) is 40.9 cm³/mol. The Hall–Kier alpha value is -0.521. The molecule has 1 heterocycles. The van der Waals surface area contributed by atoms with E-state index >= 15 is 0 Å². The van der Waals surface area contributed by atoms with Gasteiger partial charge in [-0.1, -0.05) is 0 Å². The van der Waals surface area contributed by atoms with Crippen LogP contribution in [0.3, 0.4) is 0 Å². The SMILES string of the molecule is [2H]c1[se]c2ccccc2c1[2H]. The van der Waals surface area contributed by atoms with E-state index in [1.165, 1.54) is 4.26 Å². The molecule has 0 aliphatic rings. The molecule has 0 amide bonds. The maximum atomic E-state index is 7.53. The quantitative estimate of drug-likeness (QED) is 0.547. The van der Waals surface area contributed by atoms with Crippen molar-refractivity contribution in [2.75, 3.05) is 0 Å². The number of benzene rings is 1. The van der Waals surface area contributed by atoms with Crippen LogP contribution in [0, 0.1) is 0 Å². The van der Waals surface area contributed by atoms with Crippen molar-refractivity contribution in [2.24, 2.45) is 0 Å². The summed E-state index contributed by atoms with van der Waals surface area (Å²) in [5.41, 5.74) is 0. The van der Waals surface area contributed by atoms with Gasteiger partial charge in [0, 0.05) is 0 Å². The van der Waals surface area contributed by atoms with Gasteiger partial charge in [0.15, 0.2) is 0 Å². The summed E-state index contributed by atoms with van der Waals surface area (Å²) in [5, 5.41) is 0.956. The van der Waals surface area contributed by atoms with Gasteiger partial charge in [0.2, 0.25) is 0 Å². The molecule has 0 bridgehead atoms. The van der Waals surface area contributed by atoms with Crippen molar-refractivity contribution in [2.45, 2.75) is 0 Å². The Morgan fingerprint density at radius 3 is 3.11 bits per heavy atom. The van der Waals surface area contributed by atoms with Gasteiger partial charge in [-0.25, -0.2) is 0 Å². The average molecular weight is 183 g/mol. The molecule has 1 aromatic heterocycles. The van der Waals surface area contributed by atoms with E-state index in [2.05, 4.69) is 0 Å². The van der Waals surface area contributed by atoms with E-state index in [1.807, 2.05) is 24.3 Å². The molecular formula is C8H6Se. The van der Waals surface area contributed by atoms with Crippen LogP contribution in [0.4, 0.5) is 0 Å². The zero-order chi connectivity index (χ0) is 7.84. The van der Waals surface area contributed by atoms with Crippen molar-refractivity contribution < 1.29 is 2.74 Å². The summed E-state index contributed by atoms with van der Waals surface area (Å²) >= 11 is 0.0909. The fourth-order valence-corrected chi connectivity index (χ4v) is 2.15. The Morgan fingerprint density at radius 1 is 1.33 bits per heavy atom. The second-order valence-electron chi connectivity index (χ2n) is 1.83. The topological polar surface area (TPSA) is 0 Å². The van der Waals surface area contributed by atoms with E-state index in [0.29, 0.717) is 11.0 Å². The van der Waals surface area contributed by atoms with Crippen LogP contribution >= 0.6 is 0 Å². The summed E-state index contributed by atoms with van der Waals surface area (Å²) in [6.45, 7) is 0. The number of hydrogen-bond donors (Lipinski definition) is 0. The first-order chi connectivity index (χ1) is 5.29. The molecule has 0 aliphatic carbocycles. The van der Waals surface area contributed by atoms with E-state index in [9.17, 15) is 0 Å². The van der Waals surface area contributed by atoms with Crippen LogP contribution < -0.4 is 0 Å². The molecule has 0 saturated carbocycles. The number of rotatable bonds is 0. The second-order valence-corrected chi connectivity index (χ2v) is 3.60. The first-order valence-electron chi connectivity index (χ1n) is 3.74. The molecule has 0 unspecified atom stereocenters. The van der Waals surface area contributed by atoms with Crippen molar-refractivity contribution in [3.8, 4) is 0 Å². The zero-order valence-corrected chi connectivity index (χ0v) is 6.43. The summed E-state index contributed by atoms with van der Waals surface area (Å²) in [4.78, 5) is 0.499. The van der Waals surface area contributed by atoms with Crippen molar-refractivity contribution >= 4 is 24.1 Å². The molecule has 2 rings (SSSR count). The van der Waals surface area contributed by atoms with Gasteiger partial charge in [-0.05, 0) is 0 Å². The van der Waals surface area contributed by atoms with Gasteiger partial charge < -0.3 is 0 Å². The van der Waals surface area contributed by atoms with E-state index in [0.717, 1.165) is 5.39 Å². The molecule has 0 fully saturated rings. The van der Waals surface area contributed by atoms with E-state index in [4.69, 9.17) is 2.74 Å². The van der Waals surface area contributed by atoms with E-state index in [-0.39, 0.29) is 14.5 Å². The molecule has 0 aliphatic heterocycles. The monoisotopic (exact) mass is 184 g/mol. The summed E-state index contributed by atoms with van der Waals surface area (Å²) < 4.78 is 16.1. The fraction of sp³-hybridized carbons (Fsp3) is 0. The van der Waals surface area contributed by atoms with Crippen LogP contribution in [0.2, 0.25) is 0 Å². The van der Waals surface area contributed by atoms with Crippen molar-refractivity contribution in [3.63, 3.8) is 0 Å². The number of fused-ring (bicyclic) bond motifs is 1. The first-order valence-corrected chi connectivity index (χ1v) is 4.45. The van der Waals surface area contributed by atoms with Crippen molar-refractivity contribution in [1.82, 2.24) is 0 Å². The fourth-order valence-electron chi connectivity index (χ4n) is 0.794. The third kappa shape index (κ3) is 0.827. The molecule has 1 heteroatoms. The van der Waals surface area contributed by atoms with Gasteiger partial charge in [-0.3, -0.25) is 0 Å². The minimum atomic E-state index is 0.0909. The van der Waals surface area contributed by atoms with Gasteiger partial charge in [0.05, 0.1) is 0 Å². The van der Waals surface area contributed by atoms with E-state index in [1.54, 1.807) is 0 Å². The van der Waals surface area contributed by atoms with Crippen LogP contribution in [-0.4, -0.2) is 14.5 Å². The standard InChI is InChI=1S/C8H6Se/c1-2-4-8-7(3-1)5-6-9-8/h1-6H/i5D,6D. The maximum absolute atomic E-state index is 7.53. The zero-order valence-electron chi connectivity index (χ0n) is 6.72. The van der Waals surface area contributed by atoms with Crippen LogP contribution in [-0.2, 0) is 0 Å². The molecule has 9 heavy (non-hydrogen) atoms. The van der Waals surface area contributed by atoms with Gasteiger partial charge in [0.25, 0.3) is 0 Å². The molecule has 0 saturated heterocycles. The molecule has 0 nitrogen and oxygen atoms in total. The molecular weight excluding hydrogens is 175 g/mol. The van der Waals surface area contributed by atoms with Gasteiger partial charge >= 0.3 is 62.1 Å². The molecule has 0 atom stereocenters. The minimum absolute atomic E-state index is 0.0909. The van der Waals surface area contributed by atoms with Gasteiger partial charge in [0.1, 0.15) is 0 Å². The molecule has 0 radical (unpaired) electrons. The first kappa shape index (κ1) is 3.60. The summed E-state index contributed by atoms with van der Waals surface area (Å²) in [6.07, 6.45) is 0. The molecule has 44 valence electrons. The molecule has 1 aromatic carbocycles. The van der Waals surface area contributed by atoms with Crippen LogP contribution in [0.25, 0.3) is 9.65 Å². The predicted octanol–water partition coefficient (Wildman–Crippen LogP) is 1.90. The summed E-state index contributed by atoms with van der Waals surface area (Å²) in [7, 11) is 0. The Labute approximate surface area is 62.7 Å². The third-order valence-corrected chi connectivity index (χ3v) is 2.87. The Morgan fingerprint density at radius 2 is 2.22 bits per heavy atom. The number of hydrogen-bond acceptors (Lipinski definition) is 0. The Bertz CT molecular complexity index is 392. The molecule has 0 spiro atoms. The molecule has 2 aromatic rings. The average Bonchev–Trinajstić information content (AvgIpc) is 2.30. The van der Waals surface area contributed by atoms with Gasteiger partial charge in [-0.2, -0.15) is 0 Å².